The Labute approximate surface area is 243 Å². The van der Waals surface area contributed by atoms with Gasteiger partial charge in [-0.3, -0.25) is 0 Å². The van der Waals surface area contributed by atoms with Gasteiger partial charge in [-0.05, 0) is 83.3 Å². The first-order chi connectivity index (χ1) is 20.5. The third-order valence-electron chi connectivity index (χ3n) is 7.21. The summed E-state index contributed by atoms with van der Waals surface area (Å²) in [6.45, 7) is 3.93. The number of aromatic hydroxyl groups is 2. The highest BCUT2D eigenvalue weighted by atomic mass is 16.3. The molecule has 0 heterocycles. The molecule has 204 valence electrons. The predicted molar refractivity (Wildman–Crippen MR) is 171 cm³/mol. The van der Waals surface area contributed by atoms with E-state index in [0.717, 1.165) is 43.8 Å². The number of benzene rings is 6. The van der Waals surface area contributed by atoms with Crippen LogP contribution in [0.5, 0.6) is 11.5 Å². The molecule has 2 N–H and O–H groups in total. The Hall–Kier alpha value is -5.62. The van der Waals surface area contributed by atoms with Crippen molar-refractivity contribution < 1.29 is 10.2 Å². The molecule has 0 saturated carbocycles. The molecule has 0 spiro atoms. The van der Waals surface area contributed by atoms with E-state index in [-0.39, 0.29) is 11.5 Å². The largest absolute Gasteiger partial charge is 0.505 e. The summed E-state index contributed by atoms with van der Waals surface area (Å²) in [5.74, 6) is 0.284. The second kappa shape index (κ2) is 11.5. The third kappa shape index (κ3) is 5.51. The zero-order valence-electron chi connectivity index (χ0n) is 23.2. The fourth-order valence-corrected chi connectivity index (χ4v) is 4.94. The number of hydrogen-bond acceptors (Lipinski definition) is 6. The van der Waals surface area contributed by atoms with Crippen LogP contribution in [-0.2, 0) is 0 Å². The van der Waals surface area contributed by atoms with E-state index < -0.39 is 0 Å². The molecule has 0 saturated heterocycles. The number of phenols is 2. The van der Waals surface area contributed by atoms with Crippen molar-refractivity contribution in [2.45, 2.75) is 13.8 Å². The molecule has 0 aromatic heterocycles. The smallest absolute Gasteiger partial charge is 0.151 e. The lowest BCUT2D eigenvalue weighted by Gasteiger charge is -2.06. The highest BCUT2D eigenvalue weighted by Gasteiger charge is 2.09. The minimum Gasteiger partial charge on any atom is -0.505 e. The molecule has 42 heavy (non-hydrogen) atoms. The average molecular weight is 549 g/mol. The van der Waals surface area contributed by atoms with Crippen molar-refractivity contribution >= 4 is 56.4 Å². The molecular weight excluding hydrogens is 520 g/mol. The molecule has 6 heteroatoms. The molecule has 0 aliphatic heterocycles. The van der Waals surface area contributed by atoms with Crippen molar-refractivity contribution in [1.82, 2.24) is 0 Å². The second-order valence-electron chi connectivity index (χ2n) is 10.1. The Balaban J connectivity index is 1.11. The Morgan fingerprint density at radius 3 is 1.26 bits per heavy atom. The Morgan fingerprint density at radius 2 is 0.857 bits per heavy atom. The van der Waals surface area contributed by atoms with Crippen LogP contribution in [-0.4, -0.2) is 10.2 Å². The Morgan fingerprint density at radius 1 is 0.452 bits per heavy atom. The molecular formula is C36H28N4O2. The van der Waals surface area contributed by atoms with Crippen LogP contribution >= 0.6 is 0 Å². The Kier molecular flexibility index (Phi) is 7.26. The predicted octanol–water partition coefficient (Wildman–Crippen LogP) is 11.0. The van der Waals surface area contributed by atoms with Gasteiger partial charge in [-0.2, -0.15) is 10.2 Å². The van der Waals surface area contributed by atoms with Gasteiger partial charge >= 0.3 is 0 Å². The summed E-state index contributed by atoms with van der Waals surface area (Å²) < 4.78 is 0. The summed E-state index contributed by atoms with van der Waals surface area (Å²) in [5, 5.41) is 42.1. The number of azo groups is 2. The summed E-state index contributed by atoms with van der Waals surface area (Å²) in [6, 6.07) is 34.7. The highest BCUT2D eigenvalue weighted by molar-refractivity contribution is 5.95. The van der Waals surface area contributed by atoms with Gasteiger partial charge in [-0.1, -0.05) is 84.9 Å². The van der Waals surface area contributed by atoms with Crippen molar-refractivity contribution in [3.8, 4) is 11.5 Å². The minimum atomic E-state index is 0.142. The molecule has 0 radical (unpaired) electrons. The number of aryl methyl sites for hydroxylation is 2. The molecule has 6 rings (SSSR count). The first-order valence-electron chi connectivity index (χ1n) is 13.6. The summed E-state index contributed by atoms with van der Waals surface area (Å²) in [5.41, 5.74) is 6.29. The molecule has 0 amide bonds. The SMILES string of the molecule is Cc1cccc2ccc(N=Nc3ccc(C=Cc4ccc(N=Nc5ccc6cccc(C)c6c5O)cc4)cc3)c(O)c12. The van der Waals surface area contributed by atoms with E-state index in [2.05, 4.69) is 20.5 Å². The van der Waals surface area contributed by atoms with Crippen LogP contribution in [0.1, 0.15) is 22.3 Å². The van der Waals surface area contributed by atoms with Crippen molar-refractivity contribution in [2.24, 2.45) is 20.5 Å². The summed E-state index contributed by atoms with van der Waals surface area (Å²) in [4.78, 5) is 0. The first kappa shape index (κ1) is 26.6. The third-order valence-corrected chi connectivity index (χ3v) is 7.21. The lowest BCUT2D eigenvalue weighted by molar-refractivity contribution is 0.482. The summed E-state index contributed by atoms with van der Waals surface area (Å²) in [6.07, 6.45) is 4.04. The van der Waals surface area contributed by atoms with E-state index in [4.69, 9.17) is 0 Å². The second-order valence-corrected chi connectivity index (χ2v) is 10.1. The lowest BCUT2D eigenvalue weighted by atomic mass is 10.0. The number of fused-ring (bicyclic) bond motifs is 2. The van der Waals surface area contributed by atoms with Crippen LogP contribution in [0.4, 0.5) is 22.7 Å². The zero-order valence-corrected chi connectivity index (χ0v) is 23.2. The van der Waals surface area contributed by atoms with Gasteiger partial charge in [0.2, 0.25) is 0 Å². The van der Waals surface area contributed by atoms with Crippen LogP contribution in [0.3, 0.4) is 0 Å². The molecule has 6 aromatic carbocycles. The fourth-order valence-electron chi connectivity index (χ4n) is 4.94. The van der Waals surface area contributed by atoms with Crippen LogP contribution in [0.15, 0.2) is 130 Å². The number of rotatable bonds is 6. The molecule has 0 aliphatic carbocycles. The summed E-state index contributed by atoms with van der Waals surface area (Å²) >= 11 is 0. The van der Waals surface area contributed by atoms with Gasteiger partial charge in [0.25, 0.3) is 0 Å². The van der Waals surface area contributed by atoms with E-state index >= 15 is 0 Å². The molecule has 0 fully saturated rings. The van der Waals surface area contributed by atoms with Crippen LogP contribution in [0.25, 0.3) is 33.7 Å². The maximum atomic E-state index is 10.7. The van der Waals surface area contributed by atoms with Crippen molar-refractivity contribution in [3.63, 3.8) is 0 Å². The Bertz CT molecular complexity index is 1860. The van der Waals surface area contributed by atoms with Gasteiger partial charge in [0, 0.05) is 10.8 Å². The minimum absolute atomic E-state index is 0.142. The van der Waals surface area contributed by atoms with Gasteiger partial charge in [0.1, 0.15) is 11.4 Å². The monoisotopic (exact) mass is 548 g/mol. The van der Waals surface area contributed by atoms with Gasteiger partial charge < -0.3 is 10.2 Å². The number of nitrogens with zero attached hydrogens (tertiary/aromatic N) is 4. The number of hydrogen-bond donors (Lipinski definition) is 2. The van der Waals surface area contributed by atoms with E-state index in [1.165, 1.54) is 0 Å². The molecule has 0 aliphatic rings. The molecule has 6 nitrogen and oxygen atoms in total. The lowest BCUT2D eigenvalue weighted by Crippen LogP contribution is -1.79. The van der Waals surface area contributed by atoms with Crippen LogP contribution < -0.4 is 0 Å². The quantitative estimate of drug-likeness (QED) is 0.160. The topological polar surface area (TPSA) is 89.9 Å². The molecule has 0 bridgehead atoms. The summed E-state index contributed by atoms with van der Waals surface area (Å²) in [7, 11) is 0. The van der Waals surface area contributed by atoms with E-state index in [1.807, 2.05) is 123 Å². The van der Waals surface area contributed by atoms with E-state index in [0.29, 0.717) is 22.7 Å². The fraction of sp³-hybridized carbons (Fsp3) is 0.0556. The highest BCUT2D eigenvalue weighted by Crippen LogP contribution is 2.38. The normalized spacial score (nSPS) is 12.0. The van der Waals surface area contributed by atoms with Crippen molar-refractivity contribution in [2.75, 3.05) is 0 Å². The maximum absolute atomic E-state index is 10.7. The van der Waals surface area contributed by atoms with E-state index in [1.54, 1.807) is 12.1 Å². The zero-order chi connectivity index (χ0) is 29.1. The van der Waals surface area contributed by atoms with E-state index in [9.17, 15) is 10.2 Å². The standard InChI is InChI=1S/C36H28N4O2/c1-23-5-3-7-27-15-21-31(35(41)33(23)27)39-37-29-17-11-25(12-18-29)9-10-26-13-19-30(20-14-26)38-40-32-22-16-28-8-4-6-24(2)34(28)36(32)42/h3-22,41-42H,1-2H3. The van der Waals surface area contributed by atoms with Gasteiger partial charge in [0.15, 0.2) is 11.5 Å². The molecule has 6 aromatic rings. The van der Waals surface area contributed by atoms with Gasteiger partial charge in [0.05, 0.1) is 11.4 Å². The van der Waals surface area contributed by atoms with Gasteiger partial charge in [-0.25, -0.2) is 0 Å². The average Bonchev–Trinajstić information content (AvgIpc) is 3.00. The number of phenolic OH excluding ortho intramolecular Hbond substituents is 2. The van der Waals surface area contributed by atoms with Crippen molar-refractivity contribution in [3.05, 3.63) is 131 Å². The first-order valence-corrected chi connectivity index (χ1v) is 13.6. The van der Waals surface area contributed by atoms with Crippen LogP contribution in [0.2, 0.25) is 0 Å². The van der Waals surface area contributed by atoms with Gasteiger partial charge in [-0.15, -0.1) is 10.2 Å². The molecule has 0 atom stereocenters. The molecule has 0 unspecified atom stereocenters. The van der Waals surface area contributed by atoms with Crippen LogP contribution in [0, 0.1) is 13.8 Å². The van der Waals surface area contributed by atoms with Crippen molar-refractivity contribution in [1.29, 1.82) is 0 Å². The maximum Gasteiger partial charge on any atom is 0.151 e.